The standard InChI is InChI=1S/C23H19BrF3NO2/c24-16-8-9-19-15(12-16)10-11-22(19,23(25,26)27)13-20(30-21(28)29)18-7-3-5-14-4-1-2-6-17(14)18/h1-9,12,20H,10-11,13H2,(H2,28,29)/t20?,22-/m0/s1. The van der Waals surface area contributed by atoms with Crippen molar-refractivity contribution in [1.29, 1.82) is 0 Å². The number of amides is 1. The summed E-state index contributed by atoms with van der Waals surface area (Å²) in [4.78, 5) is 11.6. The van der Waals surface area contributed by atoms with E-state index in [-0.39, 0.29) is 12.0 Å². The Labute approximate surface area is 180 Å². The largest absolute Gasteiger partial charge is 0.441 e. The van der Waals surface area contributed by atoms with E-state index in [1.807, 2.05) is 24.3 Å². The van der Waals surface area contributed by atoms with Crippen LogP contribution in [0.3, 0.4) is 0 Å². The van der Waals surface area contributed by atoms with Gasteiger partial charge in [0.1, 0.15) is 6.10 Å². The number of ether oxygens (including phenoxy) is 1. The molecule has 1 amide bonds. The van der Waals surface area contributed by atoms with Crippen LogP contribution in [0.5, 0.6) is 0 Å². The molecular formula is C23H19BrF3NO2. The number of aryl methyl sites for hydroxylation is 1. The third-order valence-electron chi connectivity index (χ3n) is 5.91. The third-order valence-corrected chi connectivity index (χ3v) is 6.40. The van der Waals surface area contributed by atoms with Crippen LogP contribution in [0.4, 0.5) is 18.0 Å². The Morgan fingerprint density at radius 2 is 1.87 bits per heavy atom. The Balaban J connectivity index is 1.85. The van der Waals surface area contributed by atoms with Crippen LogP contribution in [0, 0.1) is 0 Å². The third kappa shape index (κ3) is 3.55. The Bertz CT molecular complexity index is 1110. The lowest BCUT2D eigenvalue weighted by atomic mass is 9.75. The molecule has 0 aliphatic heterocycles. The van der Waals surface area contributed by atoms with Gasteiger partial charge in [0, 0.05) is 16.5 Å². The molecule has 30 heavy (non-hydrogen) atoms. The van der Waals surface area contributed by atoms with Gasteiger partial charge >= 0.3 is 12.3 Å². The Morgan fingerprint density at radius 3 is 2.60 bits per heavy atom. The van der Waals surface area contributed by atoms with E-state index >= 15 is 0 Å². The quantitative estimate of drug-likeness (QED) is 0.461. The smallest absolute Gasteiger partial charge is 0.405 e. The number of fused-ring (bicyclic) bond motifs is 2. The molecule has 3 nitrogen and oxygen atoms in total. The van der Waals surface area contributed by atoms with Crippen molar-refractivity contribution in [3.8, 4) is 0 Å². The van der Waals surface area contributed by atoms with Gasteiger partial charge in [-0.25, -0.2) is 4.79 Å². The number of nitrogens with two attached hydrogens (primary N) is 1. The fourth-order valence-corrected chi connectivity index (χ4v) is 4.95. The molecule has 0 spiro atoms. The second-order valence-corrected chi connectivity index (χ2v) is 8.50. The van der Waals surface area contributed by atoms with E-state index in [0.717, 1.165) is 15.2 Å². The summed E-state index contributed by atoms with van der Waals surface area (Å²) in [6, 6.07) is 17.5. The number of alkyl halides is 3. The zero-order valence-electron chi connectivity index (χ0n) is 15.9. The molecule has 0 fully saturated rings. The number of hydrogen-bond donors (Lipinski definition) is 1. The molecule has 156 valence electrons. The van der Waals surface area contributed by atoms with Gasteiger partial charge in [0.25, 0.3) is 0 Å². The maximum atomic E-state index is 14.5. The van der Waals surface area contributed by atoms with Crippen molar-refractivity contribution in [2.24, 2.45) is 5.73 Å². The average Bonchev–Trinajstić information content (AvgIpc) is 3.05. The molecule has 0 saturated heterocycles. The van der Waals surface area contributed by atoms with E-state index in [4.69, 9.17) is 10.5 Å². The maximum Gasteiger partial charge on any atom is 0.405 e. The molecule has 3 aromatic carbocycles. The van der Waals surface area contributed by atoms with E-state index < -0.39 is 30.2 Å². The minimum Gasteiger partial charge on any atom is -0.441 e. The SMILES string of the molecule is NC(=O)OC(C[C@@]1(C(F)(F)F)CCc2cc(Br)ccc21)c1cccc2ccccc12. The zero-order valence-corrected chi connectivity index (χ0v) is 17.5. The molecule has 0 saturated carbocycles. The number of primary amides is 1. The molecule has 2 atom stereocenters. The van der Waals surface area contributed by atoms with Crippen LogP contribution < -0.4 is 5.73 Å². The van der Waals surface area contributed by atoms with Gasteiger partial charge in [-0.3, -0.25) is 0 Å². The van der Waals surface area contributed by atoms with Crippen LogP contribution in [0.2, 0.25) is 0 Å². The highest BCUT2D eigenvalue weighted by Gasteiger charge is 2.59. The first kappa shape index (κ1) is 20.7. The lowest BCUT2D eigenvalue weighted by molar-refractivity contribution is -0.198. The van der Waals surface area contributed by atoms with E-state index in [9.17, 15) is 18.0 Å². The predicted octanol–water partition coefficient (Wildman–Crippen LogP) is 6.58. The second-order valence-electron chi connectivity index (χ2n) is 7.58. The summed E-state index contributed by atoms with van der Waals surface area (Å²) in [6.45, 7) is 0. The lowest BCUT2D eigenvalue weighted by Gasteiger charge is -2.36. The van der Waals surface area contributed by atoms with Crippen molar-refractivity contribution in [2.75, 3.05) is 0 Å². The number of carbonyl (C=O) groups excluding carboxylic acids is 1. The maximum absolute atomic E-state index is 14.5. The van der Waals surface area contributed by atoms with Gasteiger partial charge in [-0.05, 0) is 46.9 Å². The number of rotatable bonds is 4. The highest BCUT2D eigenvalue weighted by molar-refractivity contribution is 9.10. The summed E-state index contributed by atoms with van der Waals surface area (Å²) in [5.74, 6) is 0. The van der Waals surface area contributed by atoms with Gasteiger partial charge < -0.3 is 10.5 Å². The van der Waals surface area contributed by atoms with Crippen molar-refractivity contribution in [2.45, 2.75) is 37.0 Å². The van der Waals surface area contributed by atoms with E-state index in [2.05, 4.69) is 15.9 Å². The molecule has 0 radical (unpaired) electrons. The summed E-state index contributed by atoms with van der Waals surface area (Å²) >= 11 is 3.33. The molecule has 0 bridgehead atoms. The summed E-state index contributed by atoms with van der Waals surface area (Å²) in [5.41, 5.74) is 4.54. The highest BCUT2D eigenvalue weighted by atomic mass is 79.9. The van der Waals surface area contributed by atoms with Crippen LogP contribution in [-0.4, -0.2) is 12.3 Å². The van der Waals surface area contributed by atoms with E-state index in [1.54, 1.807) is 30.3 Å². The Hall–Kier alpha value is -2.54. The number of hydrogen-bond acceptors (Lipinski definition) is 2. The van der Waals surface area contributed by atoms with Gasteiger partial charge in [0.05, 0.1) is 5.41 Å². The first-order valence-corrected chi connectivity index (χ1v) is 10.3. The minimum atomic E-state index is -4.52. The first-order valence-electron chi connectivity index (χ1n) is 9.51. The summed E-state index contributed by atoms with van der Waals surface area (Å²) in [6.07, 6.45) is -6.99. The second kappa shape index (κ2) is 7.61. The first-order chi connectivity index (χ1) is 14.2. The van der Waals surface area contributed by atoms with Crippen molar-refractivity contribution >= 4 is 32.8 Å². The number of carbonyl (C=O) groups is 1. The van der Waals surface area contributed by atoms with Crippen LogP contribution >= 0.6 is 15.9 Å². The molecule has 1 aliphatic rings. The van der Waals surface area contributed by atoms with E-state index in [0.29, 0.717) is 17.5 Å². The Kier molecular flexibility index (Phi) is 5.26. The van der Waals surface area contributed by atoms with Crippen LogP contribution in [-0.2, 0) is 16.6 Å². The minimum absolute atomic E-state index is 0.105. The molecule has 0 heterocycles. The Morgan fingerprint density at radius 1 is 1.13 bits per heavy atom. The summed E-state index contributed by atoms with van der Waals surface area (Å²) in [5, 5.41) is 1.59. The fourth-order valence-electron chi connectivity index (χ4n) is 4.54. The average molecular weight is 478 g/mol. The van der Waals surface area contributed by atoms with Crippen LogP contribution in [0.15, 0.2) is 65.1 Å². The number of halogens is 4. The molecule has 2 N–H and O–H groups in total. The van der Waals surface area contributed by atoms with Crippen molar-refractivity contribution in [3.63, 3.8) is 0 Å². The van der Waals surface area contributed by atoms with Crippen molar-refractivity contribution in [3.05, 3.63) is 81.8 Å². The number of benzene rings is 3. The zero-order chi connectivity index (χ0) is 21.5. The molecule has 4 rings (SSSR count). The molecule has 0 aromatic heterocycles. The molecule has 7 heteroatoms. The van der Waals surface area contributed by atoms with Crippen LogP contribution in [0.25, 0.3) is 10.8 Å². The predicted molar refractivity (Wildman–Crippen MR) is 112 cm³/mol. The summed E-state index contributed by atoms with van der Waals surface area (Å²) < 4.78 is 49.6. The normalized spacial score (nSPS) is 19.5. The van der Waals surface area contributed by atoms with Crippen LogP contribution in [0.1, 0.15) is 35.6 Å². The topological polar surface area (TPSA) is 52.3 Å². The fraction of sp³-hybridized carbons (Fsp3) is 0.261. The lowest BCUT2D eigenvalue weighted by Crippen LogP contribution is -2.42. The van der Waals surface area contributed by atoms with Gasteiger partial charge in [0.2, 0.25) is 0 Å². The molecule has 1 aliphatic carbocycles. The van der Waals surface area contributed by atoms with Crippen molar-refractivity contribution in [1.82, 2.24) is 0 Å². The van der Waals surface area contributed by atoms with Gasteiger partial charge in [-0.1, -0.05) is 64.5 Å². The summed E-state index contributed by atoms with van der Waals surface area (Å²) in [7, 11) is 0. The van der Waals surface area contributed by atoms with Crippen molar-refractivity contribution < 1.29 is 22.7 Å². The highest BCUT2D eigenvalue weighted by Crippen LogP contribution is 2.55. The monoisotopic (exact) mass is 477 g/mol. The molecule has 3 aromatic rings. The molecule has 1 unspecified atom stereocenters. The van der Waals surface area contributed by atoms with E-state index in [1.165, 1.54) is 6.07 Å². The van der Waals surface area contributed by atoms with Gasteiger partial charge in [-0.15, -0.1) is 0 Å². The van der Waals surface area contributed by atoms with Gasteiger partial charge in [-0.2, -0.15) is 13.2 Å². The van der Waals surface area contributed by atoms with Gasteiger partial charge in [0.15, 0.2) is 0 Å². The molecular weight excluding hydrogens is 459 g/mol.